The molecule has 0 radical (unpaired) electrons. The van der Waals surface area contributed by atoms with E-state index in [2.05, 4.69) is 5.32 Å². The average molecular weight is 413 g/mol. The van der Waals surface area contributed by atoms with E-state index < -0.39 is 10.0 Å². The molecule has 0 aliphatic rings. The summed E-state index contributed by atoms with van der Waals surface area (Å²) in [6, 6.07) is 11.1. The van der Waals surface area contributed by atoms with Gasteiger partial charge in [-0.2, -0.15) is 4.31 Å². The average Bonchev–Trinajstić information content (AvgIpc) is 2.62. The van der Waals surface area contributed by atoms with Crippen molar-refractivity contribution in [3.8, 4) is 11.5 Å². The predicted octanol–water partition coefficient (Wildman–Crippen LogP) is 3.01. The van der Waals surface area contributed by atoms with E-state index in [4.69, 9.17) is 21.1 Å². The number of halogens is 1. The number of anilines is 1. The van der Waals surface area contributed by atoms with Gasteiger partial charge in [-0.15, -0.1) is 0 Å². The molecule has 0 aliphatic heterocycles. The lowest BCUT2D eigenvalue weighted by Gasteiger charge is -2.19. The monoisotopic (exact) mass is 412 g/mol. The molecular weight excluding hydrogens is 392 g/mol. The number of benzene rings is 2. The number of carbonyl (C=O) groups excluding carboxylic acids is 1. The second kappa shape index (κ2) is 9.07. The molecule has 1 amide bonds. The summed E-state index contributed by atoms with van der Waals surface area (Å²) in [4.78, 5) is 11.4. The minimum atomic E-state index is -3.76. The van der Waals surface area contributed by atoms with Gasteiger partial charge in [0.15, 0.2) is 0 Å². The lowest BCUT2D eigenvalue weighted by molar-refractivity contribution is -0.114. The molecule has 146 valence electrons. The van der Waals surface area contributed by atoms with Crippen LogP contribution >= 0.6 is 11.6 Å². The Morgan fingerprint density at radius 1 is 1.19 bits per heavy atom. The normalized spacial score (nSPS) is 11.3. The number of nitrogens with zero attached hydrogens (tertiary/aromatic N) is 1. The highest BCUT2D eigenvalue weighted by molar-refractivity contribution is 7.89. The number of sulfonamides is 1. The van der Waals surface area contributed by atoms with Crippen molar-refractivity contribution in [1.29, 1.82) is 0 Å². The molecule has 1 N–H and O–H groups in total. The van der Waals surface area contributed by atoms with Crippen molar-refractivity contribution in [2.75, 3.05) is 32.6 Å². The van der Waals surface area contributed by atoms with E-state index in [0.717, 1.165) is 0 Å². The van der Waals surface area contributed by atoms with E-state index in [1.54, 1.807) is 24.3 Å². The van der Waals surface area contributed by atoms with Crippen molar-refractivity contribution in [3.05, 3.63) is 47.5 Å². The highest BCUT2D eigenvalue weighted by Gasteiger charge is 2.22. The van der Waals surface area contributed by atoms with E-state index in [0.29, 0.717) is 16.5 Å². The smallest absolute Gasteiger partial charge is 0.243 e. The molecule has 0 aromatic heterocycles. The van der Waals surface area contributed by atoms with E-state index >= 15 is 0 Å². The molecule has 0 atom stereocenters. The van der Waals surface area contributed by atoms with Gasteiger partial charge in [0.2, 0.25) is 15.9 Å². The number of ether oxygens (including phenoxy) is 2. The van der Waals surface area contributed by atoms with Gasteiger partial charge in [0.05, 0.1) is 17.7 Å². The number of amides is 1. The Bertz CT molecular complexity index is 900. The van der Waals surface area contributed by atoms with Crippen LogP contribution in [0.2, 0.25) is 5.02 Å². The van der Waals surface area contributed by atoms with Crippen molar-refractivity contribution in [2.24, 2.45) is 0 Å². The molecule has 0 spiro atoms. The van der Waals surface area contributed by atoms with Gasteiger partial charge < -0.3 is 14.8 Å². The third kappa shape index (κ3) is 5.59. The molecule has 2 aromatic carbocycles. The maximum atomic E-state index is 12.8. The Labute approximate surface area is 163 Å². The van der Waals surface area contributed by atoms with Crippen LogP contribution in [0.4, 0.5) is 5.69 Å². The molecule has 0 fully saturated rings. The van der Waals surface area contributed by atoms with Crippen LogP contribution < -0.4 is 14.8 Å². The fourth-order valence-electron chi connectivity index (χ4n) is 2.26. The van der Waals surface area contributed by atoms with Crippen LogP contribution in [0.25, 0.3) is 0 Å². The highest BCUT2D eigenvalue weighted by Crippen LogP contribution is 2.28. The molecule has 27 heavy (non-hydrogen) atoms. The lowest BCUT2D eigenvalue weighted by atomic mass is 10.3. The molecule has 2 rings (SSSR count). The lowest BCUT2D eigenvalue weighted by Crippen LogP contribution is -2.31. The van der Waals surface area contributed by atoms with Gasteiger partial charge in [-0.25, -0.2) is 8.42 Å². The first kappa shape index (κ1) is 21.0. The second-order valence-electron chi connectivity index (χ2n) is 5.67. The zero-order chi connectivity index (χ0) is 20.0. The van der Waals surface area contributed by atoms with E-state index in [1.807, 2.05) is 0 Å². The fourth-order valence-corrected chi connectivity index (χ4v) is 3.57. The van der Waals surface area contributed by atoms with Crippen molar-refractivity contribution < 1.29 is 22.7 Å². The number of rotatable bonds is 8. The largest absolute Gasteiger partial charge is 0.495 e. The summed E-state index contributed by atoms with van der Waals surface area (Å²) in [6.07, 6.45) is 0. The Morgan fingerprint density at radius 2 is 1.85 bits per heavy atom. The quantitative estimate of drug-likeness (QED) is 0.720. The maximum absolute atomic E-state index is 12.8. The van der Waals surface area contributed by atoms with Gasteiger partial charge in [0, 0.05) is 25.5 Å². The van der Waals surface area contributed by atoms with Crippen molar-refractivity contribution >= 4 is 33.2 Å². The van der Waals surface area contributed by atoms with Gasteiger partial charge in [-0.3, -0.25) is 4.79 Å². The minimum Gasteiger partial charge on any atom is -0.495 e. The van der Waals surface area contributed by atoms with Crippen LogP contribution in [0.15, 0.2) is 47.4 Å². The number of methoxy groups -OCH3 is 1. The molecule has 0 bridgehead atoms. The van der Waals surface area contributed by atoms with Crippen molar-refractivity contribution in [2.45, 2.75) is 11.8 Å². The van der Waals surface area contributed by atoms with Gasteiger partial charge >= 0.3 is 0 Å². The topological polar surface area (TPSA) is 84.9 Å². The van der Waals surface area contributed by atoms with Gasteiger partial charge in [0.25, 0.3) is 0 Å². The molecule has 0 unspecified atom stereocenters. The van der Waals surface area contributed by atoms with Crippen LogP contribution in [0, 0.1) is 0 Å². The summed E-state index contributed by atoms with van der Waals surface area (Å²) in [6.45, 7) is 1.65. The molecular formula is C18H21ClN2O5S. The number of carbonyl (C=O) groups is 1. The summed E-state index contributed by atoms with van der Waals surface area (Å²) in [5, 5.41) is 3.16. The van der Waals surface area contributed by atoms with E-state index in [-0.39, 0.29) is 29.6 Å². The first-order valence-corrected chi connectivity index (χ1v) is 9.86. The first-order chi connectivity index (χ1) is 12.7. The molecule has 9 heteroatoms. The SMILES string of the molecule is COc1ccc(S(=O)(=O)N(C)CCOc2ccc(Cl)cc2)cc1NC(C)=O. The number of likely N-dealkylation sites (N-methyl/N-ethyl adjacent to an activating group) is 1. The van der Waals surface area contributed by atoms with Gasteiger partial charge in [0.1, 0.15) is 18.1 Å². The summed E-state index contributed by atoms with van der Waals surface area (Å²) in [5.41, 5.74) is 0.289. The number of hydrogen-bond donors (Lipinski definition) is 1. The van der Waals surface area contributed by atoms with E-state index in [1.165, 1.54) is 43.6 Å². The Balaban J connectivity index is 2.09. The molecule has 7 nitrogen and oxygen atoms in total. The summed E-state index contributed by atoms with van der Waals surface area (Å²) in [5.74, 6) is 0.646. The number of nitrogens with one attached hydrogen (secondary N) is 1. The van der Waals surface area contributed by atoms with Crippen molar-refractivity contribution in [1.82, 2.24) is 4.31 Å². The Hall–Kier alpha value is -2.29. The summed E-state index contributed by atoms with van der Waals surface area (Å²) >= 11 is 5.81. The zero-order valence-corrected chi connectivity index (χ0v) is 16.8. The van der Waals surface area contributed by atoms with Gasteiger partial charge in [-0.1, -0.05) is 11.6 Å². The minimum absolute atomic E-state index is 0.0426. The third-order valence-corrected chi connectivity index (χ3v) is 5.78. The zero-order valence-electron chi connectivity index (χ0n) is 15.2. The van der Waals surface area contributed by atoms with Gasteiger partial charge in [-0.05, 0) is 42.5 Å². The molecule has 0 aliphatic carbocycles. The Kier molecular flexibility index (Phi) is 7.06. The molecule has 0 saturated heterocycles. The molecule has 0 saturated carbocycles. The van der Waals surface area contributed by atoms with Crippen LogP contribution in [0.3, 0.4) is 0 Å². The second-order valence-corrected chi connectivity index (χ2v) is 8.15. The fraction of sp³-hybridized carbons (Fsp3) is 0.278. The maximum Gasteiger partial charge on any atom is 0.243 e. The van der Waals surface area contributed by atoms with Crippen molar-refractivity contribution in [3.63, 3.8) is 0 Å². The standard InChI is InChI=1S/C18H21ClN2O5S/c1-13(22)20-17-12-16(8-9-18(17)25-3)27(23,24)21(2)10-11-26-15-6-4-14(19)5-7-15/h4-9,12H,10-11H2,1-3H3,(H,20,22). The summed E-state index contributed by atoms with van der Waals surface area (Å²) in [7, 11) is -0.857. The first-order valence-electron chi connectivity index (χ1n) is 8.04. The molecule has 0 heterocycles. The predicted molar refractivity (Wildman–Crippen MR) is 104 cm³/mol. The van der Waals surface area contributed by atoms with E-state index in [9.17, 15) is 13.2 Å². The number of hydrogen-bond acceptors (Lipinski definition) is 5. The molecule has 2 aromatic rings. The third-order valence-electron chi connectivity index (χ3n) is 3.68. The summed E-state index contributed by atoms with van der Waals surface area (Å²) < 4.78 is 37.4. The van der Waals surface area contributed by atoms with Crippen LogP contribution in [0.1, 0.15) is 6.92 Å². The van der Waals surface area contributed by atoms with Crippen LogP contribution in [-0.4, -0.2) is 45.9 Å². The Morgan fingerprint density at radius 3 is 2.44 bits per heavy atom. The van der Waals surface area contributed by atoms with Crippen LogP contribution in [0.5, 0.6) is 11.5 Å². The van der Waals surface area contributed by atoms with Crippen LogP contribution in [-0.2, 0) is 14.8 Å². The highest BCUT2D eigenvalue weighted by atomic mass is 35.5.